The molecule has 306 valence electrons. The van der Waals surface area contributed by atoms with Crippen molar-refractivity contribution in [1.29, 1.82) is 0 Å². The number of nitrogens with one attached hydrogen (secondary N) is 2. The molecule has 0 atom stereocenters. The van der Waals surface area contributed by atoms with Crippen molar-refractivity contribution in [3.05, 3.63) is 53.9 Å². The van der Waals surface area contributed by atoms with Gasteiger partial charge in [0.05, 0.1) is 17.6 Å². The highest BCUT2D eigenvalue weighted by molar-refractivity contribution is 6.11. The lowest BCUT2D eigenvalue weighted by Gasteiger charge is -2.30. The predicted molar refractivity (Wildman–Crippen MR) is 215 cm³/mol. The first-order valence-electron chi connectivity index (χ1n) is 18.9. The van der Waals surface area contributed by atoms with Crippen LogP contribution < -0.4 is 15.5 Å². The molecule has 2 N–H and O–H groups in total. The van der Waals surface area contributed by atoms with Crippen molar-refractivity contribution in [3.8, 4) is 11.1 Å². The van der Waals surface area contributed by atoms with Crippen LogP contribution in [0.2, 0.25) is 0 Å². The van der Waals surface area contributed by atoms with Crippen LogP contribution in [-0.2, 0) is 38.4 Å². The van der Waals surface area contributed by atoms with Crippen LogP contribution in [-0.4, -0.2) is 78.2 Å². The summed E-state index contributed by atoms with van der Waals surface area (Å²) in [6, 6.07) is 5.18. The van der Waals surface area contributed by atoms with Crippen molar-refractivity contribution in [1.82, 2.24) is 24.6 Å². The third kappa shape index (κ3) is 10.1. The van der Waals surface area contributed by atoms with Gasteiger partial charge in [-0.2, -0.15) is 10.00 Å². The summed E-state index contributed by atoms with van der Waals surface area (Å²) in [5.41, 5.74) is -1.49. The van der Waals surface area contributed by atoms with Gasteiger partial charge in [0.15, 0.2) is 11.6 Å². The monoisotopic (exact) mass is 788 g/mol. The second-order valence-electron chi connectivity index (χ2n) is 17.1. The lowest BCUT2D eigenvalue weighted by Crippen LogP contribution is -2.44. The molecule has 15 nitrogen and oxygen atoms in total. The van der Waals surface area contributed by atoms with Crippen molar-refractivity contribution in [2.24, 2.45) is 0 Å². The number of ether oxygens (including phenoxy) is 3. The van der Waals surface area contributed by atoms with Crippen molar-refractivity contribution in [2.45, 2.75) is 125 Å². The Balaban J connectivity index is 1.64. The van der Waals surface area contributed by atoms with Gasteiger partial charge in [0, 0.05) is 59.7 Å². The molecule has 0 unspecified atom stereocenters. The number of benzene rings is 1. The molecule has 1 aromatic carbocycles. The predicted octanol–water partition coefficient (Wildman–Crippen LogP) is 8.76. The van der Waals surface area contributed by atoms with Gasteiger partial charge in [0.1, 0.15) is 29.2 Å². The molecule has 1 aliphatic rings. The maximum atomic E-state index is 17.0. The summed E-state index contributed by atoms with van der Waals surface area (Å²) in [6.07, 6.45) is 2.10. The van der Waals surface area contributed by atoms with Gasteiger partial charge in [-0.05, 0) is 106 Å². The number of rotatable bonds is 7. The van der Waals surface area contributed by atoms with Gasteiger partial charge in [-0.3, -0.25) is 19.8 Å². The zero-order valence-corrected chi connectivity index (χ0v) is 34.8. The molecule has 0 spiro atoms. The minimum absolute atomic E-state index is 0.00663. The molecule has 0 radical (unpaired) electrons. The van der Waals surface area contributed by atoms with Crippen LogP contribution >= 0.6 is 0 Å². The van der Waals surface area contributed by atoms with Gasteiger partial charge in [0.25, 0.3) is 0 Å². The first-order chi connectivity index (χ1) is 26.4. The Morgan fingerprint density at radius 1 is 0.877 bits per heavy atom. The Bertz CT molecular complexity index is 2170. The number of halogens is 1. The van der Waals surface area contributed by atoms with Crippen molar-refractivity contribution in [3.63, 3.8) is 0 Å². The number of hydrogen-bond donors (Lipinski definition) is 2. The maximum Gasteiger partial charge on any atom is 0.424 e. The molecular formula is C41H53FN8O7. The van der Waals surface area contributed by atoms with E-state index in [9.17, 15) is 19.2 Å². The van der Waals surface area contributed by atoms with Gasteiger partial charge in [0.2, 0.25) is 5.91 Å². The van der Waals surface area contributed by atoms with E-state index in [0.717, 1.165) is 10.6 Å². The second kappa shape index (κ2) is 16.0. The normalized spacial score (nSPS) is 13.6. The quantitative estimate of drug-likeness (QED) is 0.172. The molecule has 0 fully saturated rings. The van der Waals surface area contributed by atoms with Gasteiger partial charge >= 0.3 is 18.3 Å². The van der Waals surface area contributed by atoms with Gasteiger partial charge < -0.3 is 24.4 Å². The van der Waals surface area contributed by atoms with E-state index in [0.29, 0.717) is 35.6 Å². The van der Waals surface area contributed by atoms with Crippen LogP contribution in [0.1, 0.15) is 94.3 Å². The Morgan fingerprint density at radius 3 is 2.09 bits per heavy atom. The van der Waals surface area contributed by atoms with Crippen molar-refractivity contribution < 1.29 is 37.8 Å². The molecule has 0 bridgehead atoms. The molecule has 1 aliphatic heterocycles. The van der Waals surface area contributed by atoms with Crippen LogP contribution in [0, 0.1) is 5.82 Å². The molecule has 57 heavy (non-hydrogen) atoms. The molecule has 3 aromatic heterocycles. The average molecular weight is 789 g/mol. The fourth-order valence-corrected chi connectivity index (χ4v) is 6.33. The smallest absolute Gasteiger partial charge is 0.424 e. The van der Waals surface area contributed by atoms with Crippen LogP contribution in [0.3, 0.4) is 0 Å². The van der Waals surface area contributed by atoms with E-state index < -0.39 is 40.9 Å². The molecule has 0 saturated heterocycles. The molecule has 5 rings (SSSR count). The summed E-state index contributed by atoms with van der Waals surface area (Å²) in [4.78, 5) is 64.8. The highest BCUT2D eigenvalue weighted by atomic mass is 19.1. The van der Waals surface area contributed by atoms with Crippen LogP contribution in [0.5, 0.6) is 0 Å². The van der Waals surface area contributed by atoms with E-state index in [1.54, 1.807) is 86.1 Å². The second-order valence-corrected chi connectivity index (χ2v) is 17.1. The van der Waals surface area contributed by atoms with Crippen molar-refractivity contribution >= 4 is 58.0 Å². The lowest BCUT2D eigenvalue weighted by molar-refractivity contribution is -0.133. The van der Waals surface area contributed by atoms with Crippen molar-refractivity contribution in [2.75, 3.05) is 22.1 Å². The van der Waals surface area contributed by atoms with Gasteiger partial charge in [-0.25, -0.2) is 23.8 Å². The number of pyridine rings is 2. The molecule has 0 aliphatic carbocycles. The number of hydrogen-bond acceptors (Lipinski definition) is 11. The molecular weight excluding hydrogens is 735 g/mol. The number of anilines is 4. The van der Waals surface area contributed by atoms with Gasteiger partial charge in [-0.15, -0.1) is 0 Å². The zero-order valence-electron chi connectivity index (χ0n) is 34.8. The first-order valence-corrected chi connectivity index (χ1v) is 18.9. The van der Waals surface area contributed by atoms with E-state index in [1.807, 2.05) is 24.8 Å². The average Bonchev–Trinajstić information content (AvgIpc) is 3.35. The standard InChI is InChI=1S/C41H53FN8O7/c1-13-26-29(19-43-21-30(26)50(37(53)56-40(7,8)9)38(54)57-41(10,11)12)27-16-24-17-31(44-20-28(24)35(34(27)42)46-36(52)55-39(4,5)6)45-32-18-25-14-15-48(23(2)3)33(51)22-49(25)47-32/h16-21,23H,13-15,22H2,1-12H3,(H,46,52)(H,44,45,47). The fourth-order valence-electron chi connectivity index (χ4n) is 6.33. The molecule has 16 heteroatoms. The van der Waals surface area contributed by atoms with Crippen LogP contribution in [0.15, 0.2) is 36.8 Å². The summed E-state index contributed by atoms with van der Waals surface area (Å²) in [5, 5.41) is 11.1. The highest BCUT2D eigenvalue weighted by Gasteiger charge is 2.35. The number of imide groups is 1. The largest absolute Gasteiger partial charge is 0.444 e. The number of fused-ring (bicyclic) bond motifs is 2. The van der Waals surface area contributed by atoms with E-state index in [-0.39, 0.29) is 52.8 Å². The molecule has 4 aromatic rings. The Hall–Kier alpha value is -5.80. The van der Waals surface area contributed by atoms with E-state index >= 15 is 4.39 Å². The molecule has 4 amide bonds. The Labute approximate surface area is 332 Å². The molecule has 4 heterocycles. The SMILES string of the molecule is CCc1c(-c2cc3cc(Nc4cc5n(n4)CC(=O)N(C(C)C)CC5)ncc3c(NC(=O)OC(C)(C)C)c2F)cncc1N(C(=O)OC(C)(C)C)C(=O)OC(C)(C)C. The number of carbonyl (C=O) groups is 4. The number of amides is 4. The molecule has 0 saturated carbocycles. The third-order valence-electron chi connectivity index (χ3n) is 8.62. The highest BCUT2D eigenvalue weighted by Crippen LogP contribution is 2.40. The summed E-state index contributed by atoms with van der Waals surface area (Å²) in [7, 11) is 0. The Morgan fingerprint density at radius 2 is 1.51 bits per heavy atom. The number of aromatic nitrogens is 4. The topological polar surface area (TPSA) is 170 Å². The van der Waals surface area contributed by atoms with E-state index in [2.05, 4.69) is 25.7 Å². The third-order valence-corrected chi connectivity index (χ3v) is 8.62. The first kappa shape index (κ1) is 42.3. The van der Waals surface area contributed by atoms with Crippen LogP contribution in [0.25, 0.3) is 21.9 Å². The van der Waals surface area contributed by atoms with E-state index in [4.69, 9.17) is 14.2 Å². The minimum Gasteiger partial charge on any atom is -0.444 e. The lowest BCUT2D eigenvalue weighted by atomic mass is 9.95. The summed E-state index contributed by atoms with van der Waals surface area (Å²) in [6.45, 7) is 21.5. The fraction of sp³-hybridized carbons (Fsp3) is 0.488. The van der Waals surface area contributed by atoms with Crippen LogP contribution in [0.4, 0.5) is 41.8 Å². The number of nitrogens with zero attached hydrogens (tertiary/aromatic N) is 6. The Kier molecular flexibility index (Phi) is 11.9. The summed E-state index contributed by atoms with van der Waals surface area (Å²) < 4.78 is 35.4. The number of carbonyl (C=O) groups excluding carboxylic acids is 4. The summed E-state index contributed by atoms with van der Waals surface area (Å²) in [5.74, 6) is -0.0300. The summed E-state index contributed by atoms with van der Waals surface area (Å²) >= 11 is 0. The zero-order chi connectivity index (χ0) is 42.2. The van der Waals surface area contributed by atoms with Gasteiger partial charge in [-0.1, -0.05) is 6.92 Å². The van der Waals surface area contributed by atoms with E-state index in [1.165, 1.54) is 18.6 Å². The minimum atomic E-state index is -1.00. The maximum absolute atomic E-state index is 17.0.